The summed E-state index contributed by atoms with van der Waals surface area (Å²) >= 11 is 0. The zero-order valence-corrected chi connectivity index (χ0v) is 24.9. The molecule has 2 aromatic carbocycles. The molecule has 1 saturated heterocycles. The predicted molar refractivity (Wildman–Crippen MR) is 148 cm³/mol. The highest BCUT2D eigenvalue weighted by molar-refractivity contribution is 6.00. The van der Waals surface area contributed by atoms with Crippen LogP contribution < -0.4 is 48.1 Å². The number of benzene rings is 2. The summed E-state index contributed by atoms with van der Waals surface area (Å²) in [6, 6.07) is 8.84. The number of ether oxygens (including phenoxy) is 3. The van der Waals surface area contributed by atoms with Crippen molar-refractivity contribution in [1.82, 2.24) is 4.90 Å². The highest BCUT2D eigenvalue weighted by atomic mass is 127. The standard InChI is InChI=1S/C31H39N3O3.HI/c1-3-4-5-13-32-30-26-20-34-17-12-22-18-28-29(37-21-36-28)19-25(22)31(34)24(23(26)10-11-27(30)35-2)9-8-16-33-14-6-7-15-33;/h10-11,18-20H,3-9,12-17,21H2,1-2H3;1H. The first-order valence-corrected chi connectivity index (χ1v) is 14.2. The second kappa shape index (κ2) is 12.3. The van der Waals surface area contributed by atoms with E-state index in [-0.39, 0.29) is 24.0 Å². The van der Waals surface area contributed by atoms with Gasteiger partial charge in [-0.15, -0.1) is 0 Å². The number of rotatable bonds is 10. The molecule has 3 aliphatic rings. The summed E-state index contributed by atoms with van der Waals surface area (Å²) in [6.07, 6.45) is 11.9. The second-order valence-corrected chi connectivity index (χ2v) is 10.7. The summed E-state index contributed by atoms with van der Waals surface area (Å²) in [6.45, 7) is 8.15. The van der Waals surface area contributed by atoms with Crippen LogP contribution in [0.2, 0.25) is 0 Å². The first kappa shape index (κ1) is 27.3. The van der Waals surface area contributed by atoms with Crippen molar-refractivity contribution in [3.63, 3.8) is 0 Å². The van der Waals surface area contributed by atoms with E-state index in [1.807, 2.05) is 0 Å². The molecule has 7 heteroatoms. The highest BCUT2D eigenvalue weighted by Crippen LogP contribution is 2.43. The Kier molecular flexibility index (Phi) is 8.83. The van der Waals surface area contributed by atoms with Gasteiger partial charge in [0.2, 0.25) is 12.5 Å². The lowest BCUT2D eigenvalue weighted by atomic mass is 9.89. The minimum atomic E-state index is 0. The first-order chi connectivity index (χ1) is 18.3. The van der Waals surface area contributed by atoms with Gasteiger partial charge in [-0.05, 0) is 87.0 Å². The smallest absolute Gasteiger partial charge is 0.231 e. The average Bonchev–Trinajstić information content (AvgIpc) is 3.61. The summed E-state index contributed by atoms with van der Waals surface area (Å²) in [5, 5.41) is 6.34. The molecule has 1 N–H and O–H groups in total. The van der Waals surface area contributed by atoms with Crippen molar-refractivity contribution < 1.29 is 42.8 Å². The van der Waals surface area contributed by atoms with Gasteiger partial charge in [0.05, 0.1) is 23.7 Å². The molecule has 6 nitrogen and oxygen atoms in total. The van der Waals surface area contributed by atoms with Crippen LogP contribution in [-0.2, 0) is 19.4 Å². The number of methoxy groups -OCH3 is 1. The largest absolute Gasteiger partial charge is 1.00 e. The van der Waals surface area contributed by atoms with E-state index >= 15 is 0 Å². The number of aromatic nitrogens is 1. The van der Waals surface area contributed by atoms with E-state index in [2.05, 4.69) is 52.2 Å². The Morgan fingerprint density at radius 3 is 2.63 bits per heavy atom. The van der Waals surface area contributed by atoms with Gasteiger partial charge in [-0.3, -0.25) is 0 Å². The molecular weight excluding hydrogens is 589 g/mol. The molecule has 6 rings (SSSR count). The van der Waals surface area contributed by atoms with Gasteiger partial charge in [0.15, 0.2) is 24.2 Å². The van der Waals surface area contributed by atoms with Gasteiger partial charge in [-0.1, -0.05) is 19.8 Å². The van der Waals surface area contributed by atoms with Crippen LogP contribution in [0.15, 0.2) is 30.5 Å². The quantitative estimate of drug-likeness (QED) is 0.213. The number of likely N-dealkylation sites (tertiary alicyclic amines) is 1. The molecule has 0 saturated carbocycles. The molecule has 204 valence electrons. The summed E-state index contributed by atoms with van der Waals surface area (Å²) < 4.78 is 19.8. The van der Waals surface area contributed by atoms with E-state index in [1.54, 1.807) is 7.11 Å². The van der Waals surface area contributed by atoms with E-state index in [9.17, 15) is 0 Å². The molecule has 38 heavy (non-hydrogen) atoms. The minimum Gasteiger partial charge on any atom is -1.00 e. The number of anilines is 1. The van der Waals surface area contributed by atoms with E-state index in [0.29, 0.717) is 6.79 Å². The van der Waals surface area contributed by atoms with Crippen molar-refractivity contribution in [3.8, 4) is 28.5 Å². The van der Waals surface area contributed by atoms with Gasteiger partial charge in [-0.25, -0.2) is 0 Å². The van der Waals surface area contributed by atoms with Gasteiger partial charge in [0.25, 0.3) is 0 Å². The fourth-order valence-electron chi connectivity index (χ4n) is 6.34. The lowest BCUT2D eigenvalue weighted by molar-refractivity contribution is -0.686. The van der Waals surface area contributed by atoms with Crippen LogP contribution in [0.5, 0.6) is 17.2 Å². The Labute approximate surface area is 243 Å². The van der Waals surface area contributed by atoms with Crippen molar-refractivity contribution in [3.05, 3.63) is 41.6 Å². The normalized spacial score (nSPS) is 15.7. The van der Waals surface area contributed by atoms with Gasteiger partial charge in [0, 0.05) is 18.5 Å². The Morgan fingerprint density at radius 2 is 1.84 bits per heavy atom. The number of fused-ring (bicyclic) bond motifs is 5. The fourth-order valence-corrected chi connectivity index (χ4v) is 6.34. The van der Waals surface area contributed by atoms with E-state index in [0.717, 1.165) is 61.7 Å². The lowest BCUT2D eigenvalue weighted by Crippen LogP contribution is -3.00. The summed E-state index contributed by atoms with van der Waals surface area (Å²) in [5.74, 6) is 2.67. The number of unbranched alkanes of at least 4 members (excludes halogenated alkanes) is 2. The maximum absolute atomic E-state index is 5.84. The Bertz CT molecular complexity index is 1290. The number of pyridine rings is 1. The molecule has 0 atom stereocenters. The monoisotopic (exact) mass is 629 g/mol. The van der Waals surface area contributed by atoms with Crippen LogP contribution in [0.25, 0.3) is 22.0 Å². The average molecular weight is 630 g/mol. The molecule has 1 fully saturated rings. The molecule has 0 bridgehead atoms. The number of nitrogens with zero attached hydrogens (tertiary/aromatic N) is 2. The van der Waals surface area contributed by atoms with Crippen LogP contribution in [0.1, 0.15) is 56.6 Å². The van der Waals surface area contributed by atoms with E-state index in [4.69, 9.17) is 14.2 Å². The van der Waals surface area contributed by atoms with Crippen LogP contribution in [0.3, 0.4) is 0 Å². The van der Waals surface area contributed by atoms with Crippen molar-refractivity contribution in [2.24, 2.45) is 0 Å². The third-order valence-electron chi connectivity index (χ3n) is 8.27. The topological polar surface area (TPSA) is 46.8 Å². The first-order valence-electron chi connectivity index (χ1n) is 14.2. The molecule has 0 radical (unpaired) electrons. The van der Waals surface area contributed by atoms with Gasteiger partial charge >= 0.3 is 0 Å². The summed E-state index contributed by atoms with van der Waals surface area (Å²) in [7, 11) is 1.78. The van der Waals surface area contributed by atoms with Crippen molar-refractivity contribution in [2.45, 2.75) is 64.8 Å². The SMILES string of the molecule is CCCCCNc1c(OC)ccc2c(CCCN3CCCC3)c3[n+](cc12)CCc1cc2c(cc1-3)OCO2.[I-]. The van der Waals surface area contributed by atoms with Crippen LogP contribution >= 0.6 is 0 Å². The number of hydrogen-bond donors (Lipinski definition) is 1. The maximum Gasteiger partial charge on any atom is 0.231 e. The lowest BCUT2D eigenvalue weighted by Gasteiger charge is -2.22. The predicted octanol–water partition coefficient (Wildman–Crippen LogP) is 2.72. The van der Waals surface area contributed by atoms with Crippen molar-refractivity contribution in [2.75, 3.05) is 45.4 Å². The van der Waals surface area contributed by atoms with E-state index < -0.39 is 0 Å². The summed E-state index contributed by atoms with van der Waals surface area (Å²) in [5.41, 5.74) is 6.56. The van der Waals surface area contributed by atoms with Gasteiger partial charge in [-0.2, -0.15) is 4.57 Å². The van der Waals surface area contributed by atoms with Gasteiger partial charge in [0.1, 0.15) is 5.75 Å². The van der Waals surface area contributed by atoms with Gasteiger partial charge < -0.3 is 48.4 Å². The maximum atomic E-state index is 5.84. The van der Waals surface area contributed by atoms with Crippen LogP contribution in [-0.4, -0.2) is 45.0 Å². The molecular formula is C31H40IN3O3. The second-order valence-electron chi connectivity index (χ2n) is 10.7. The summed E-state index contributed by atoms with van der Waals surface area (Å²) in [4.78, 5) is 2.63. The van der Waals surface area contributed by atoms with Crippen LogP contribution in [0, 0.1) is 0 Å². The number of nitrogens with one attached hydrogen (secondary N) is 1. The molecule has 4 heterocycles. The molecule has 0 unspecified atom stereocenters. The molecule has 3 aliphatic heterocycles. The number of aryl methyl sites for hydroxylation is 3. The Balaban J connectivity index is 0.00000294. The third-order valence-corrected chi connectivity index (χ3v) is 8.27. The molecule has 3 aromatic rings. The molecule has 0 spiro atoms. The third kappa shape index (κ3) is 5.28. The number of hydrogen-bond acceptors (Lipinski definition) is 5. The molecule has 0 amide bonds. The Hall–Kier alpha value is -2.26. The van der Waals surface area contributed by atoms with Crippen LogP contribution in [0.4, 0.5) is 5.69 Å². The molecule has 1 aromatic heterocycles. The zero-order chi connectivity index (χ0) is 25.2. The van der Waals surface area contributed by atoms with Crippen molar-refractivity contribution >= 4 is 16.5 Å². The van der Waals surface area contributed by atoms with E-state index in [1.165, 1.54) is 78.5 Å². The Morgan fingerprint density at radius 1 is 1.03 bits per heavy atom. The fraction of sp³-hybridized carbons (Fsp3) is 0.516. The highest BCUT2D eigenvalue weighted by Gasteiger charge is 2.32. The molecule has 0 aliphatic carbocycles. The van der Waals surface area contributed by atoms with Crippen molar-refractivity contribution in [1.29, 1.82) is 0 Å². The minimum absolute atomic E-state index is 0. The number of halogens is 1. The zero-order valence-electron chi connectivity index (χ0n) is 22.8.